The Morgan fingerprint density at radius 3 is 2.68 bits per heavy atom. The average Bonchev–Trinajstić information content (AvgIpc) is 2.83. The van der Waals surface area contributed by atoms with Crippen LogP contribution in [0.25, 0.3) is 33.4 Å². The van der Waals surface area contributed by atoms with Gasteiger partial charge in [-0.05, 0) is 32.4 Å². The lowest BCUT2D eigenvalue weighted by atomic mass is 10.0. The Bertz CT molecular complexity index is 1390. The van der Waals surface area contributed by atoms with Gasteiger partial charge in [0.1, 0.15) is 5.65 Å². The zero-order chi connectivity index (χ0) is 24.2. The summed E-state index contributed by atoms with van der Waals surface area (Å²) in [4.78, 5) is 31.0. The van der Waals surface area contributed by atoms with E-state index in [1.54, 1.807) is 36.8 Å². The van der Waals surface area contributed by atoms with Crippen molar-refractivity contribution in [2.45, 2.75) is 32.9 Å². The minimum absolute atomic E-state index is 0.169. The molecule has 0 fully saturated rings. The number of hydrogen-bond acceptors (Lipinski definition) is 8. The van der Waals surface area contributed by atoms with E-state index in [1.807, 2.05) is 19.9 Å². The van der Waals surface area contributed by atoms with E-state index in [4.69, 9.17) is 11.6 Å². The van der Waals surface area contributed by atoms with Gasteiger partial charge in [0.2, 0.25) is 5.95 Å². The molecule has 34 heavy (non-hydrogen) atoms. The molecule has 0 aliphatic carbocycles. The van der Waals surface area contributed by atoms with Gasteiger partial charge in [-0.2, -0.15) is 4.98 Å². The molecule has 0 bridgehead atoms. The van der Waals surface area contributed by atoms with E-state index < -0.39 is 6.10 Å². The zero-order valence-corrected chi connectivity index (χ0v) is 19.6. The summed E-state index contributed by atoms with van der Waals surface area (Å²) in [7, 11) is 0. The van der Waals surface area contributed by atoms with E-state index in [0.29, 0.717) is 45.4 Å². The van der Waals surface area contributed by atoms with Gasteiger partial charge in [-0.15, -0.1) is 0 Å². The van der Waals surface area contributed by atoms with Gasteiger partial charge in [0.05, 0.1) is 30.3 Å². The van der Waals surface area contributed by atoms with Crippen LogP contribution in [0.5, 0.6) is 0 Å². The van der Waals surface area contributed by atoms with E-state index in [9.17, 15) is 15.0 Å². The Morgan fingerprint density at radius 1 is 1.15 bits per heavy atom. The molecule has 3 N–H and O–H groups in total. The molecule has 0 aliphatic rings. The van der Waals surface area contributed by atoms with Crippen LogP contribution in [0.15, 0.2) is 47.7 Å². The highest BCUT2D eigenvalue weighted by molar-refractivity contribution is 6.33. The molecule has 0 saturated carbocycles. The molecule has 9 nitrogen and oxygen atoms in total. The fraction of sp³-hybridized carbons (Fsp3) is 0.292. The third kappa shape index (κ3) is 4.91. The zero-order valence-electron chi connectivity index (χ0n) is 18.9. The minimum Gasteiger partial charge on any atom is -0.394 e. The molecule has 176 valence electrons. The number of aliphatic hydroxyl groups is 2. The summed E-state index contributed by atoms with van der Waals surface area (Å²) >= 11 is 6.63. The van der Waals surface area contributed by atoms with Gasteiger partial charge in [0.15, 0.2) is 0 Å². The Kier molecular flexibility index (Phi) is 7.16. The van der Waals surface area contributed by atoms with Gasteiger partial charge < -0.3 is 15.5 Å². The number of anilines is 1. The predicted octanol–water partition coefficient (Wildman–Crippen LogP) is 3.05. The van der Waals surface area contributed by atoms with Crippen LogP contribution in [0.2, 0.25) is 5.02 Å². The minimum atomic E-state index is -0.945. The summed E-state index contributed by atoms with van der Waals surface area (Å²) in [6.45, 7) is 4.20. The number of fused-ring (bicyclic) bond motifs is 1. The van der Waals surface area contributed by atoms with Crippen molar-refractivity contribution in [2.75, 3.05) is 18.5 Å². The molecule has 0 spiro atoms. The highest BCUT2D eigenvalue weighted by Gasteiger charge is 2.17. The van der Waals surface area contributed by atoms with Crippen LogP contribution in [-0.2, 0) is 6.54 Å². The van der Waals surface area contributed by atoms with E-state index in [0.717, 1.165) is 11.3 Å². The SMILES string of the molecule is CCNc1ncc2cc(-c3ccc(-c4cncc(C)n4)cc3Cl)c(=O)n(CC[C@@H](O)CO)c2n1. The number of aryl methyl sites for hydroxylation is 2. The Morgan fingerprint density at radius 2 is 1.97 bits per heavy atom. The summed E-state index contributed by atoms with van der Waals surface area (Å²) in [5, 5.41) is 23.2. The molecule has 0 saturated heterocycles. The van der Waals surface area contributed by atoms with E-state index in [1.165, 1.54) is 4.57 Å². The van der Waals surface area contributed by atoms with Gasteiger partial charge in [0, 0.05) is 52.6 Å². The van der Waals surface area contributed by atoms with Crippen LogP contribution in [0.3, 0.4) is 0 Å². The molecule has 3 heterocycles. The monoisotopic (exact) mass is 480 g/mol. The average molecular weight is 481 g/mol. The molecule has 3 aromatic heterocycles. The standard InChI is InChI=1S/C24H25ClN6O3/c1-3-27-24-28-11-16-8-19(23(34)31(22(16)30-24)7-6-17(33)13-32)18-5-4-15(9-20(18)25)21-12-26-10-14(2)29-21/h4-5,8-12,17,32-33H,3,6-7,13H2,1-2H3,(H,27,28,30)/t17-/m1/s1. The summed E-state index contributed by atoms with van der Waals surface area (Å²) in [6, 6.07) is 7.11. The second-order valence-corrected chi connectivity index (χ2v) is 8.29. The van der Waals surface area contributed by atoms with Crippen molar-refractivity contribution in [1.82, 2.24) is 24.5 Å². The smallest absolute Gasteiger partial charge is 0.260 e. The molecule has 0 radical (unpaired) electrons. The lowest BCUT2D eigenvalue weighted by Crippen LogP contribution is -2.26. The van der Waals surface area contributed by atoms with Crippen LogP contribution in [0, 0.1) is 6.92 Å². The number of pyridine rings is 1. The molecule has 0 aliphatic heterocycles. The largest absolute Gasteiger partial charge is 0.394 e. The highest BCUT2D eigenvalue weighted by atomic mass is 35.5. The van der Waals surface area contributed by atoms with Crippen molar-refractivity contribution in [3.05, 3.63) is 63.9 Å². The van der Waals surface area contributed by atoms with Gasteiger partial charge >= 0.3 is 0 Å². The predicted molar refractivity (Wildman–Crippen MR) is 132 cm³/mol. The van der Waals surface area contributed by atoms with Crippen molar-refractivity contribution in [3.63, 3.8) is 0 Å². The summed E-state index contributed by atoms with van der Waals surface area (Å²) in [5.74, 6) is 0.403. The molecule has 10 heteroatoms. The number of nitrogens with one attached hydrogen (secondary N) is 1. The molecule has 1 atom stereocenters. The first-order valence-electron chi connectivity index (χ1n) is 10.9. The van der Waals surface area contributed by atoms with Gasteiger partial charge in [0.25, 0.3) is 5.56 Å². The Balaban J connectivity index is 1.84. The first-order valence-corrected chi connectivity index (χ1v) is 11.3. The molecule has 0 unspecified atom stereocenters. The van der Waals surface area contributed by atoms with Crippen LogP contribution in [-0.4, -0.2) is 54.0 Å². The second kappa shape index (κ2) is 10.3. The first kappa shape index (κ1) is 23.7. The van der Waals surface area contributed by atoms with Crippen LogP contribution >= 0.6 is 11.6 Å². The molecule has 4 aromatic rings. The van der Waals surface area contributed by atoms with Crippen molar-refractivity contribution in [3.8, 4) is 22.4 Å². The summed E-state index contributed by atoms with van der Waals surface area (Å²) in [6.07, 6.45) is 4.22. The molecular weight excluding hydrogens is 456 g/mol. The van der Waals surface area contributed by atoms with Gasteiger partial charge in [-0.3, -0.25) is 14.3 Å². The second-order valence-electron chi connectivity index (χ2n) is 7.88. The normalized spacial score (nSPS) is 12.1. The fourth-order valence-electron chi connectivity index (χ4n) is 3.67. The first-order chi connectivity index (χ1) is 16.4. The number of rotatable bonds is 8. The highest BCUT2D eigenvalue weighted by Crippen LogP contribution is 2.31. The number of aromatic nitrogens is 5. The van der Waals surface area contributed by atoms with Crippen LogP contribution in [0.1, 0.15) is 19.0 Å². The molecule has 1 aromatic carbocycles. The number of benzene rings is 1. The third-order valence-corrected chi connectivity index (χ3v) is 5.68. The fourth-order valence-corrected chi connectivity index (χ4v) is 3.95. The lowest BCUT2D eigenvalue weighted by Gasteiger charge is -2.15. The molecular formula is C24H25ClN6O3. The number of halogens is 1. The molecule has 0 amide bonds. The Labute approximate surface area is 201 Å². The topological polar surface area (TPSA) is 126 Å². The van der Waals surface area contributed by atoms with E-state index in [2.05, 4.69) is 25.3 Å². The van der Waals surface area contributed by atoms with Crippen LogP contribution in [0.4, 0.5) is 5.95 Å². The summed E-state index contributed by atoms with van der Waals surface area (Å²) in [5.41, 5.74) is 3.35. The number of hydrogen-bond donors (Lipinski definition) is 3. The van der Waals surface area contributed by atoms with Crippen molar-refractivity contribution >= 4 is 28.6 Å². The van der Waals surface area contributed by atoms with Crippen molar-refractivity contribution in [2.24, 2.45) is 0 Å². The lowest BCUT2D eigenvalue weighted by molar-refractivity contribution is 0.0847. The maximum Gasteiger partial charge on any atom is 0.260 e. The third-order valence-electron chi connectivity index (χ3n) is 5.37. The number of aliphatic hydroxyl groups excluding tert-OH is 2. The maximum absolute atomic E-state index is 13.6. The van der Waals surface area contributed by atoms with Gasteiger partial charge in [-0.1, -0.05) is 23.7 Å². The van der Waals surface area contributed by atoms with Gasteiger partial charge in [-0.25, -0.2) is 9.97 Å². The molecule has 4 rings (SSSR count). The van der Waals surface area contributed by atoms with Crippen molar-refractivity contribution < 1.29 is 10.2 Å². The van der Waals surface area contributed by atoms with Crippen LogP contribution < -0.4 is 10.9 Å². The van der Waals surface area contributed by atoms with E-state index in [-0.39, 0.29) is 25.1 Å². The quantitative estimate of drug-likeness (QED) is 0.351. The number of nitrogens with zero attached hydrogens (tertiary/aromatic N) is 5. The van der Waals surface area contributed by atoms with E-state index >= 15 is 0 Å². The Hall–Kier alpha value is -3.40. The van der Waals surface area contributed by atoms with Crippen molar-refractivity contribution in [1.29, 1.82) is 0 Å². The maximum atomic E-state index is 13.6. The summed E-state index contributed by atoms with van der Waals surface area (Å²) < 4.78 is 1.49.